The molecule has 2 aromatic rings. The molecule has 1 fully saturated rings. The van der Waals surface area contributed by atoms with E-state index in [1.807, 2.05) is 30.3 Å². The fourth-order valence-corrected chi connectivity index (χ4v) is 2.56. The number of rotatable bonds is 3. The van der Waals surface area contributed by atoms with Crippen molar-refractivity contribution in [3.05, 3.63) is 65.7 Å². The van der Waals surface area contributed by atoms with E-state index in [2.05, 4.69) is 4.74 Å². The van der Waals surface area contributed by atoms with Gasteiger partial charge in [0.2, 0.25) is 5.91 Å². The number of hydrogen-bond donors (Lipinski definition) is 0. The highest BCUT2D eigenvalue weighted by Crippen LogP contribution is 2.38. The van der Waals surface area contributed by atoms with Crippen LogP contribution >= 0.6 is 0 Å². The molecule has 0 bridgehead atoms. The van der Waals surface area contributed by atoms with Crippen LogP contribution < -0.4 is 4.90 Å². The van der Waals surface area contributed by atoms with Gasteiger partial charge in [-0.25, -0.2) is 4.79 Å². The highest BCUT2D eigenvalue weighted by molar-refractivity contribution is 6.01. The first-order valence-electron chi connectivity index (χ1n) is 6.76. The Bertz CT molecular complexity index is 664. The summed E-state index contributed by atoms with van der Waals surface area (Å²) in [6.07, 6.45) is 0.517. The van der Waals surface area contributed by atoms with Crippen LogP contribution in [0.3, 0.4) is 0 Å². The van der Waals surface area contributed by atoms with E-state index in [0.717, 1.165) is 11.3 Å². The van der Waals surface area contributed by atoms with Crippen LogP contribution in [-0.4, -0.2) is 19.0 Å². The standard InChI is InChI=1S/C17H15NO3/c1-21-17(20)13-7-9-14(10-8-13)18-15(11-16(18)19)12-5-3-2-4-6-12/h2-10,15H,11H2,1H3. The van der Waals surface area contributed by atoms with Crippen molar-refractivity contribution in [1.29, 1.82) is 0 Å². The molecule has 1 heterocycles. The van der Waals surface area contributed by atoms with Gasteiger partial charge in [-0.1, -0.05) is 30.3 Å². The Balaban J connectivity index is 1.85. The maximum Gasteiger partial charge on any atom is 0.337 e. The number of nitrogens with zero attached hydrogens (tertiary/aromatic N) is 1. The molecule has 3 rings (SSSR count). The number of hydrogen-bond acceptors (Lipinski definition) is 3. The van der Waals surface area contributed by atoms with Crippen molar-refractivity contribution in [2.75, 3.05) is 12.0 Å². The maximum atomic E-state index is 11.9. The van der Waals surface area contributed by atoms with Gasteiger partial charge in [0, 0.05) is 5.69 Å². The SMILES string of the molecule is COC(=O)c1ccc(N2C(=O)CC2c2ccccc2)cc1. The molecule has 1 aliphatic rings. The first-order chi connectivity index (χ1) is 10.2. The summed E-state index contributed by atoms with van der Waals surface area (Å²) in [6.45, 7) is 0. The summed E-state index contributed by atoms with van der Waals surface area (Å²) in [6, 6.07) is 16.9. The first kappa shape index (κ1) is 13.4. The van der Waals surface area contributed by atoms with Crippen molar-refractivity contribution in [2.45, 2.75) is 12.5 Å². The van der Waals surface area contributed by atoms with E-state index in [4.69, 9.17) is 0 Å². The molecule has 0 radical (unpaired) electrons. The van der Waals surface area contributed by atoms with Crippen LogP contribution in [0.1, 0.15) is 28.4 Å². The van der Waals surface area contributed by atoms with Crippen LogP contribution in [0, 0.1) is 0 Å². The zero-order valence-electron chi connectivity index (χ0n) is 11.7. The van der Waals surface area contributed by atoms with Gasteiger partial charge in [-0.3, -0.25) is 4.79 Å². The van der Waals surface area contributed by atoms with E-state index < -0.39 is 0 Å². The van der Waals surface area contributed by atoms with Crippen molar-refractivity contribution < 1.29 is 14.3 Å². The van der Waals surface area contributed by atoms with E-state index in [9.17, 15) is 9.59 Å². The molecule has 2 aromatic carbocycles. The molecule has 1 saturated heterocycles. The monoisotopic (exact) mass is 281 g/mol. The van der Waals surface area contributed by atoms with Crippen molar-refractivity contribution >= 4 is 17.6 Å². The lowest BCUT2D eigenvalue weighted by Gasteiger charge is -2.40. The average Bonchev–Trinajstić information content (AvgIpc) is 2.53. The first-order valence-corrected chi connectivity index (χ1v) is 6.76. The number of β-lactam (4-membered cyclic amide) rings is 1. The molecule has 0 N–H and O–H groups in total. The minimum Gasteiger partial charge on any atom is -0.465 e. The molecule has 4 nitrogen and oxygen atoms in total. The van der Waals surface area contributed by atoms with E-state index in [1.54, 1.807) is 29.2 Å². The second-order valence-electron chi connectivity index (χ2n) is 4.93. The van der Waals surface area contributed by atoms with Crippen LogP contribution in [0.25, 0.3) is 0 Å². The Hall–Kier alpha value is -2.62. The number of carbonyl (C=O) groups excluding carboxylic acids is 2. The summed E-state index contributed by atoms with van der Waals surface area (Å²) in [4.78, 5) is 25.1. The molecule has 0 spiro atoms. The van der Waals surface area contributed by atoms with Crippen LogP contribution in [0.4, 0.5) is 5.69 Å². The van der Waals surface area contributed by atoms with Crippen LogP contribution in [0.15, 0.2) is 54.6 Å². The van der Waals surface area contributed by atoms with Gasteiger partial charge in [0.05, 0.1) is 25.1 Å². The van der Waals surface area contributed by atoms with Gasteiger partial charge in [-0.2, -0.15) is 0 Å². The third-order valence-corrected chi connectivity index (χ3v) is 3.70. The van der Waals surface area contributed by atoms with Gasteiger partial charge < -0.3 is 9.64 Å². The minimum absolute atomic E-state index is 0.0719. The summed E-state index contributed by atoms with van der Waals surface area (Å²) in [5.41, 5.74) is 2.40. The number of amides is 1. The summed E-state index contributed by atoms with van der Waals surface area (Å²) in [5, 5.41) is 0. The highest BCUT2D eigenvalue weighted by atomic mass is 16.5. The molecule has 1 atom stereocenters. The predicted molar refractivity (Wildman–Crippen MR) is 79.1 cm³/mol. The van der Waals surface area contributed by atoms with Gasteiger partial charge in [-0.15, -0.1) is 0 Å². The molecule has 1 amide bonds. The van der Waals surface area contributed by atoms with Gasteiger partial charge in [0.15, 0.2) is 0 Å². The number of methoxy groups -OCH3 is 1. The second kappa shape index (κ2) is 5.40. The molecular formula is C17H15NO3. The van der Waals surface area contributed by atoms with Crippen LogP contribution in [0.5, 0.6) is 0 Å². The largest absolute Gasteiger partial charge is 0.465 e. The van der Waals surface area contributed by atoms with Gasteiger partial charge in [0.1, 0.15) is 0 Å². The fourth-order valence-electron chi connectivity index (χ4n) is 2.56. The van der Waals surface area contributed by atoms with Gasteiger partial charge in [-0.05, 0) is 29.8 Å². The fraction of sp³-hybridized carbons (Fsp3) is 0.176. The summed E-state index contributed by atoms with van der Waals surface area (Å²) >= 11 is 0. The zero-order chi connectivity index (χ0) is 14.8. The lowest BCUT2D eigenvalue weighted by atomic mass is 9.93. The van der Waals surface area contributed by atoms with Crippen molar-refractivity contribution in [3.8, 4) is 0 Å². The molecule has 0 saturated carbocycles. The maximum absolute atomic E-state index is 11.9. The molecule has 0 aromatic heterocycles. The topological polar surface area (TPSA) is 46.6 Å². The third-order valence-electron chi connectivity index (χ3n) is 3.70. The predicted octanol–water partition coefficient (Wildman–Crippen LogP) is 2.95. The van der Waals surface area contributed by atoms with E-state index >= 15 is 0 Å². The normalized spacial score (nSPS) is 17.3. The molecule has 106 valence electrons. The molecule has 4 heteroatoms. The highest BCUT2D eigenvalue weighted by Gasteiger charge is 2.38. The van der Waals surface area contributed by atoms with Crippen LogP contribution in [0.2, 0.25) is 0 Å². The van der Waals surface area contributed by atoms with Crippen molar-refractivity contribution in [2.24, 2.45) is 0 Å². The third kappa shape index (κ3) is 2.40. The minimum atomic E-state index is -0.379. The Morgan fingerprint density at radius 3 is 2.33 bits per heavy atom. The van der Waals surface area contributed by atoms with E-state index in [1.165, 1.54) is 7.11 Å². The summed E-state index contributed by atoms with van der Waals surface area (Å²) in [7, 11) is 1.35. The number of ether oxygens (including phenoxy) is 1. The molecule has 21 heavy (non-hydrogen) atoms. The number of carbonyl (C=O) groups is 2. The zero-order valence-corrected chi connectivity index (χ0v) is 11.7. The van der Waals surface area contributed by atoms with E-state index in [-0.39, 0.29) is 17.9 Å². The molecule has 1 unspecified atom stereocenters. The smallest absolute Gasteiger partial charge is 0.337 e. The summed E-state index contributed by atoms with van der Waals surface area (Å²) in [5.74, 6) is -0.286. The molecule has 1 aliphatic heterocycles. The number of anilines is 1. The Morgan fingerprint density at radius 1 is 1.10 bits per heavy atom. The quantitative estimate of drug-likeness (QED) is 0.642. The second-order valence-corrected chi connectivity index (χ2v) is 4.93. The lowest BCUT2D eigenvalue weighted by molar-refractivity contribution is -0.124. The van der Waals surface area contributed by atoms with Gasteiger partial charge in [0.25, 0.3) is 0 Å². The van der Waals surface area contributed by atoms with E-state index in [0.29, 0.717) is 12.0 Å². The molecular weight excluding hydrogens is 266 g/mol. The Morgan fingerprint density at radius 2 is 1.76 bits per heavy atom. The van der Waals surface area contributed by atoms with Crippen LogP contribution in [-0.2, 0) is 9.53 Å². The number of benzene rings is 2. The number of esters is 1. The van der Waals surface area contributed by atoms with Gasteiger partial charge >= 0.3 is 5.97 Å². The lowest BCUT2D eigenvalue weighted by Crippen LogP contribution is -2.46. The average molecular weight is 281 g/mol. The Labute approximate surface area is 123 Å². The van der Waals surface area contributed by atoms with Crippen molar-refractivity contribution in [1.82, 2.24) is 0 Å². The molecule has 0 aliphatic carbocycles. The summed E-state index contributed by atoms with van der Waals surface area (Å²) < 4.78 is 4.67. The Kier molecular flexibility index (Phi) is 3.44. The van der Waals surface area contributed by atoms with Crippen molar-refractivity contribution in [3.63, 3.8) is 0 Å².